The van der Waals surface area contributed by atoms with Crippen molar-refractivity contribution in [2.75, 3.05) is 5.32 Å². The first-order chi connectivity index (χ1) is 12.6. The molecule has 0 radical (unpaired) electrons. The van der Waals surface area contributed by atoms with E-state index in [9.17, 15) is 10.1 Å². The van der Waals surface area contributed by atoms with E-state index in [0.29, 0.717) is 16.4 Å². The molecule has 0 saturated carbocycles. The number of halogens is 2. The molecule has 0 aliphatic carbocycles. The number of benzene rings is 2. The van der Waals surface area contributed by atoms with Gasteiger partial charge in [0.15, 0.2) is 0 Å². The Hall–Kier alpha value is -2.81. The van der Waals surface area contributed by atoms with Crippen molar-refractivity contribution in [2.24, 2.45) is 0 Å². The molecule has 128 valence electrons. The molecule has 3 aromatic rings. The molecule has 0 atom stereocenters. The van der Waals surface area contributed by atoms with Gasteiger partial charge in [0.1, 0.15) is 11.6 Å². The SMILES string of the molecule is N#C/C(=C/c1cccn1-c1ccc(Cl)cc1)C(=O)Nc1cccc(Br)c1. The summed E-state index contributed by atoms with van der Waals surface area (Å²) < 4.78 is 2.72. The van der Waals surface area contributed by atoms with Gasteiger partial charge in [-0.3, -0.25) is 4.79 Å². The zero-order chi connectivity index (χ0) is 18.5. The first-order valence-corrected chi connectivity index (χ1v) is 8.86. The first kappa shape index (κ1) is 18.0. The summed E-state index contributed by atoms with van der Waals surface area (Å²) in [6, 6.07) is 20.1. The lowest BCUT2D eigenvalue weighted by atomic mass is 10.2. The molecule has 26 heavy (non-hydrogen) atoms. The Morgan fingerprint density at radius 2 is 1.92 bits per heavy atom. The van der Waals surface area contributed by atoms with E-state index in [2.05, 4.69) is 21.2 Å². The maximum absolute atomic E-state index is 12.4. The first-order valence-electron chi connectivity index (χ1n) is 7.69. The Morgan fingerprint density at radius 3 is 2.62 bits per heavy atom. The second kappa shape index (κ2) is 8.05. The van der Waals surface area contributed by atoms with Crippen molar-refractivity contribution in [3.8, 4) is 11.8 Å². The molecule has 2 aromatic carbocycles. The summed E-state index contributed by atoms with van der Waals surface area (Å²) >= 11 is 9.28. The Bertz CT molecular complexity index is 1020. The number of aromatic nitrogens is 1. The third-order valence-corrected chi connectivity index (χ3v) is 4.37. The van der Waals surface area contributed by atoms with Crippen LogP contribution in [0.1, 0.15) is 5.69 Å². The Labute approximate surface area is 164 Å². The third kappa shape index (κ3) is 4.23. The van der Waals surface area contributed by atoms with E-state index in [1.54, 1.807) is 36.4 Å². The Morgan fingerprint density at radius 1 is 1.15 bits per heavy atom. The summed E-state index contributed by atoms with van der Waals surface area (Å²) in [7, 11) is 0. The minimum absolute atomic E-state index is 0.0129. The fraction of sp³-hybridized carbons (Fsp3) is 0. The van der Waals surface area contributed by atoms with Gasteiger partial charge in [-0.15, -0.1) is 0 Å². The lowest BCUT2D eigenvalue weighted by molar-refractivity contribution is -0.112. The molecule has 4 nitrogen and oxygen atoms in total. The predicted molar refractivity (Wildman–Crippen MR) is 107 cm³/mol. The zero-order valence-electron chi connectivity index (χ0n) is 13.5. The minimum atomic E-state index is -0.463. The van der Waals surface area contributed by atoms with Crippen LogP contribution in [0.3, 0.4) is 0 Å². The molecule has 3 rings (SSSR count). The third-order valence-electron chi connectivity index (χ3n) is 3.62. The van der Waals surface area contributed by atoms with Gasteiger partial charge in [0, 0.05) is 32.8 Å². The van der Waals surface area contributed by atoms with Gasteiger partial charge in [0.2, 0.25) is 0 Å². The molecule has 0 spiro atoms. The van der Waals surface area contributed by atoms with Gasteiger partial charge in [-0.05, 0) is 60.7 Å². The smallest absolute Gasteiger partial charge is 0.266 e. The van der Waals surface area contributed by atoms with Crippen molar-refractivity contribution in [3.63, 3.8) is 0 Å². The van der Waals surface area contributed by atoms with Crippen LogP contribution in [-0.2, 0) is 4.79 Å². The van der Waals surface area contributed by atoms with Crippen molar-refractivity contribution in [1.82, 2.24) is 4.57 Å². The van der Waals surface area contributed by atoms with E-state index in [-0.39, 0.29) is 5.57 Å². The second-order valence-electron chi connectivity index (χ2n) is 5.41. The quantitative estimate of drug-likeness (QED) is 0.446. The molecule has 1 amide bonds. The predicted octanol–water partition coefficient (Wildman–Crippen LogP) is 5.44. The molecule has 6 heteroatoms. The van der Waals surface area contributed by atoms with Gasteiger partial charge >= 0.3 is 0 Å². The zero-order valence-corrected chi connectivity index (χ0v) is 15.8. The number of rotatable bonds is 4. The van der Waals surface area contributed by atoms with Crippen LogP contribution in [0.5, 0.6) is 0 Å². The second-order valence-corrected chi connectivity index (χ2v) is 6.77. The average molecular weight is 427 g/mol. The van der Waals surface area contributed by atoms with Crippen LogP contribution in [0.15, 0.2) is 76.9 Å². The molecule has 1 aromatic heterocycles. The average Bonchev–Trinajstić information content (AvgIpc) is 3.08. The molecule has 0 bridgehead atoms. The van der Waals surface area contributed by atoms with Crippen LogP contribution >= 0.6 is 27.5 Å². The summed E-state index contributed by atoms with van der Waals surface area (Å²) in [5.41, 5.74) is 2.22. The molecule has 0 aliphatic rings. The molecule has 0 fully saturated rings. The molecular weight excluding hydrogens is 414 g/mol. The van der Waals surface area contributed by atoms with Crippen LogP contribution < -0.4 is 5.32 Å². The highest BCUT2D eigenvalue weighted by molar-refractivity contribution is 9.10. The molecule has 1 heterocycles. The van der Waals surface area contributed by atoms with Crippen LogP contribution in [-0.4, -0.2) is 10.5 Å². The number of hydrogen-bond donors (Lipinski definition) is 1. The largest absolute Gasteiger partial charge is 0.321 e. The lowest BCUT2D eigenvalue weighted by Gasteiger charge is -2.08. The fourth-order valence-corrected chi connectivity index (χ4v) is 2.93. The van der Waals surface area contributed by atoms with Gasteiger partial charge < -0.3 is 9.88 Å². The van der Waals surface area contributed by atoms with Gasteiger partial charge in [-0.1, -0.05) is 33.6 Å². The highest BCUT2D eigenvalue weighted by Gasteiger charge is 2.11. The fourth-order valence-electron chi connectivity index (χ4n) is 2.41. The molecule has 0 saturated heterocycles. The number of hydrogen-bond acceptors (Lipinski definition) is 2. The molecular formula is C20H13BrClN3O. The molecule has 0 aliphatic heterocycles. The Kier molecular flexibility index (Phi) is 5.57. The maximum atomic E-state index is 12.4. The number of amides is 1. The number of carbonyl (C=O) groups is 1. The molecule has 0 unspecified atom stereocenters. The van der Waals surface area contributed by atoms with E-state index in [4.69, 9.17) is 11.6 Å². The van der Waals surface area contributed by atoms with Gasteiger partial charge in [0.25, 0.3) is 5.91 Å². The van der Waals surface area contributed by atoms with Crippen molar-refractivity contribution >= 4 is 45.2 Å². The van der Waals surface area contributed by atoms with Gasteiger partial charge in [-0.2, -0.15) is 5.26 Å². The van der Waals surface area contributed by atoms with Gasteiger partial charge in [0.05, 0.1) is 0 Å². The lowest BCUT2D eigenvalue weighted by Crippen LogP contribution is -2.13. The maximum Gasteiger partial charge on any atom is 0.266 e. The monoisotopic (exact) mass is 425 g/mol. The highest BCUT2D eigenvalue weighted by atomic mass is 79.9. The standard InChI is InChI=1S/C20H13BrClN3O/c21-15-3-1-4-17(12-15)24-20(26)14(13-23)11-19-5-2-10-25(19)18-8-6-16(22)7-9-18/h1-12H,(H,24,26)/b14-11-. The van der Waals surface area contributed by atoms with E-state index >= 15 is 0 Å². The van der Waals surface area contributed by atoms with Crippen molar-refractivity contribution in [3.05, 3.63) is 87.6 Å². The number of nitriles is 1. The molecule has 1 N–H and O–H groups in total. The van der Waals surface area contributed by atoms with E-state index in [0.717, 1.165) is 10.2 Å². The number of nitrogens with one attached hydrogen (secondary N) is 1. The topological polar surface area (TPSA) is 57.8 Å². The van der Waals surface area contributed by atoms with Gasteiger partial charge in [-0.25, -0.2) is 0 Å². The summed E-state index contributed by atoms with van der Waals surface area (Å²) in [4.78, 5) is 12.4. The number of nitrogens with zero attached hydrogens (tertiary/aromatic N) is 2. The van der Waals surface area contributed by atoms with Crippen molar-refractivity contribution in [1.29, 1.82) is 5.26 Å². The minimum Gasteiger partial charge on any atom is -0.321 e. The normalized spacial score (nSPS) is 11.0. The number of carbonyl (C=O) groups excluding carboxylic acids is 1. The van der Waals surface area contributed by atoms with Crippen LogP contribution in [0.2, 0.25) is 5.02 Å². The summed E-state index contributed by atoms with van der Waals surface area (Å²) in [6.45, 7) is 0. The van der Waals surface area contributed by atoms with Crippen LogP contribution in [0, 0.1) is 11.3 Å². The van der Waals surface area contributed by atoms with E-state index < -0.39 is 5.91 Å². The number of anilines is 1. The summed E-state index contributed by atoms with van der Waals surface area (Å²) in [6.07, 6.45) is 3.41. The Balaban J connectivity index is 1.88. The van der Waals surface area contributed by atoms with E-state index in [1.807, 2.05) is 47.2 Å². The van der Waals surface area contributed by atoms with Crippen molar-refractivity contribution < 1.29 is 4.79 Å². The van der Waals surface area contributed by atoms with Crippen LogP contribution in [0.4, 0.5) is 5.69 Å². The van der Waals surface area contributed by atoms with Crippen molar-refractivity contribution in [2.45, 2.75) is 0 Å². The highest BCUT2D eigenvalue weighted by Crippen LogP contribution is 2.19. The van der Waals surface area contributed by atoms with E-state index in [1.165, 1.54) is 0 Å². The summed E-state index contributed by atoms with van der Waals surface area (Å²) in [5.74, 6) is -0.463. The van der Waals surface area contributed by atoms with Crippen LogP contribution in [0.25, 0.3) is 11.8 Å². The summed E-state index contributed by atoms with van der Waals surface area (Å²) in [5, 5.41) is 12.8.